The second kappa shape index (κ2) is 6.69. The molecule has 0 amide bonds. The van der Waals surface area contributed by atoms with E-state index < -0.39 is 5.78 Å². The van der Waals surface area contributed by atoms with Gasteiger partial charge in [0.05, 0.1) is 10.7 Å². The molecule has 0 aliphatic rings. The number of anilines is 1. The Balaban J connectivity index is 2.24. The summed E-state index contributed by atoms with van der Waals surface area (Å²) in [5.41, 5.74) is 4.47. The van der Waals surface area contributed by atoms with Gasteiger partial charge in [0, 0.05) is 5.56 Å². The normalized spacial score (nSPS) is 10.8. The van der Waals surface area contributed by atoms with Crippen molar-refractivity contribution in [3.05, 3.63) is 64.7 Å². The minimum Gasteiger partial charge on any atom is -0.286 e. The van der Waals surface area contributed by atoms with Crippen LogP contribution in [0.25, 0.3) is 0 Å². The molecule has 0 fully saturated rings. The minimum atomic E-state index is -0.511. The van der Waals surface area contributed by atoms with E-state index in [1.165, 1.54) is 0 Å². The predicted molar refractivity (Wildman–Crippen MR) is 83.6 cm³/mol. The zero-order valence-electron chi connectivity index (χ0n) is 11.3. The molecule has 0 saturated carbocycles. The molecule has 21 heavy (non-hydrogen) atoms. The number of Topliss-reactive ketones (excluding diaryl/α,β-unsaturated/α-hetero) is 1. The van der Waals surface area contributed by atoms with Gasteiger partial charge in [0.2, 0.25) is 11.5 Å². The number of aryl methyl sites for hydroxylation is 1. The second-order valence-electron chi connectivity index (χ2n) is 4.36. The van der Waals surface area contributed by atoms with E-state index >= 15 is 0 Å². The van der Waals surface area contributed by atoms with Gasteiger partial charge in [-0.3, -0.25) is 10.2 Å². The third-order valence-corrected chi connectivity index (χ3v) is 3.08. The summed E-state index contributed by atoms with van der Waals surface area (Å²) < 4.78 is 0. The summed E-state index contributed by atoms with van der Waals surface area (Å²) in [5, 5.41) is 13.3. The highest BCUT2D eigenvalue weighted by atomic mass is 35.5. The van der Waals surface area contributed by atoms with Gasteiger partial charge < -0.3 is 0 Å². The Morgan fingerprint density at radius 1 is 1.24 bits per heavy atom. The van der Waals surface area contributed by atoms with Crippen molar-refractivity contribution in [2.24, 2.45) is 5.10 Å². The number of rotatable bonds is 4. The Kier molecular flexibility index (Phi) is 4.70. The van der Waals surface area contributed by atoms with Crippen molar-refractivity contribution in [3.63, 3.8) is 0 Å². The summed E-state index contributed by atoms with van der Waals surface area (Å²) in [5.74, 6) is -0.511. The molecule has 0 radical (unpaired) electrons. The Labute approximate surface area is 127 Å². The Morgan fingerprint density at radius 3 is 2.67 bits per heavy atom. The SMILES string of the molecule is Cc1cccc(N/N=C(/C#N)C(=O)c2ccccc2Cl)c1. The summed E-state index contributed by atoms with van der Waals surface area (Å²) in [6.45, 7) is 1.94. The van der Waals surface area contributed by atoms with E-state index in [0.29, 0.717) is 10.7 Å². The molecule has 104 valence electrons. The number of nitrogens with one attached hydrogen (secondary N) is 1. The molecule has 0 spiro atoms. The van der Waals surface area contributed by atoms with E-state index in [1.54, 1.807) is 36.4 Å². The quantitative estimate of drug-likeness (QED) is 0.530. The van der Waals surface area contributed by atoms with Crippen molar-refractivity contribution in [1.82, 2.24) is 0 Å². The number of ketones is 1. The molecule has 0 atom stereocenters. The van der Waals surface area contributed by atoms with Crippen molar-refractivity contribution >= 4 is 28.8 Å². The van der Waals surface area contributed by atoms with E-state index in [0.717, 1.165) is 5.56 Å². The lowest BCUT2D eigenvalue weighted by atomic mass is 10.1. The molecule has 0 saturated heterocycles. The molecule has 2 aromatic carbocycles. The number of carbonyl (C=O) groups excluding carboxylic acids is 1. The molecule has 5 heteroatoms. The molecule has 1 N–H and O–H groups in total. The number of halogens is 1. The first kappa shape index (κ1) is 14.8. The Hall–Kier alpha value is -2.64. The van der Waals surface area contributed by atoms with Crippen LogP contribution in [0.3, 0.4) is 0 Å². The van der Waals surface area contributed by atoms with Crippen LogP contribution in [0.15, 0.2) is 53.6 Å². The number of hydrazone groups is 1. The maximum atomic E-state index is 12.2. The number of hydrogen-bond acceptors (Lipinski definition) is 4. The van der Waals surface area contributed by atoms with E-state index in [9.17, 15) is 4.79 Å². The molecule has 2 rings (SSSR count). The standard InChI is InChI=1S/C16H12ClN3O/c1-11-5-4-6-12(9-11)19-20-15(10-18)16(21)13-7-2-3-8-14(13)17/h2-9,19H,1H3/b20-15-. The third kappa shape index (κ3) is 3.68. The van der Waals surface area contributed by atoms with E-state index in [2.05, 4.69) is 10.5 Å². The molecule has 4 nitrogen and oxygen atoms in total. The summed E-state index contributed by atoms with van der Waals surface area (Å²) in [7, 11) is 0. The van der Waals surface area contributed by atoms with E-state index in [1.807, 2.05) is 25.1 Å². The van der Waals surface area contributed by atoms with Crippen molar-refractivity contribution < 1.29 is 4.79 Å². The molecule has 0 unspecified atom stereocenters. The number of hydrogen-bond donors (Lipinski definition) is 1. The summed E-state index contributed by atoms with van der Waals surface area (Å²) in [6, 6.07) is 15.8. The second-order valence-corrected chi connectivity index (χ2v) is 4.77. The Bertz CT molecular complexity index is 747. The monoisotopic (exact) mass is 297 g/mol. The van der Waals surface area contributed by atoms with Gasteiger partial charge in [-0.2, -0.15) is 10.4 Å². The zero-order valence-corrected chi connectivity index (χ0v) is 12.1. The summed E-state index contributed by atoms with van der Waals surface area (Å²) in [4.78, 5) is 12.2. The predicted octanol–water partition coefficient (Wildman–Crippen LogP) is 3.82. The van der Waals surface area contributed by atoms with Gasteiger partial charge in [0.1, 0.15) is 6.07 Å². The average Bonchev–Trinajstić information content (AvgIpc) is 2.48. The van der Waals surface area contributed by atoms with Crippen molar-refractivity contribution in [1.29, 1.82) is 5.26 Å². The van der Waals surface area contributed by atoms with Gasteiger partial charge in [-0.15, -0.1) is 0 Å². The van der Waals surface area contributed by atoms with Crippen LogP contribution in [0.5, 0.6) is 0 Å². The number of nitrogens with zero attached hydrogens (tertiary/aromatic N) is 2. The minimum absolute atomic E-state index is 0.246. The lowest BCUT2D eigenvalue weighted by Crippen LogP contribution is -2.14. The maximum absolute atomic E-state index is 12.2. The first-order valence-electron chi connectivity index (χ1n) is 6.21. The summed E-state index contributed by atoms with van der Waals surface area (Å²) in [6.07, 6.45) is 0. The number of benzene rings is 2. The van der Waals surface area contributed by atoms with Crippen molar-refractivity contribution in [2.45, 2.75) is 6.92 Å². The largest absolute Gasteiger partial charge is 0.286 e. The van der Waals surface area contributed by atoms with Gasteiger partial charge in [0.25, 0.3) is 0 Å². The maximum Gasteiger partial charge on any atom is 0.225 e. The van der Waals surface area contributed by atoms with Crippen LogP contribution in [0.1, 0.15) is 15.9 Å². The van der Waals surface area contributed by atoms with Gasteiger partial charge in [-0.1, -0.05) is 35.9 Å². The smallest absolute Gasteiger partial charge is 0.225 e. The van der Waals surface area contributed by atoms with Crippen LogP contribution in [-0.2, 0) is 0 Å². The Morgan fingerprint density at radius 2 is 2.00 bits per heavy atom. The van der Waals surface area contributed by atoms with Crippen LogP contribution in [0.4, 0.5) is 5.69 Å². The fraction of sp³-hybridized carbons (Fsp3) is 0.0625. The number of nitriles is 1. The fourth-order valence-corrected chi connectivity index (χ4v) is 1.96. The molecule has 2 aromatic rings. The molecule has 0 heterocycles. The molecule has 0 bridgehead atoms. The highest BCUT2D eigenvalue weighted by Gasteiger charge is 2.16. The molecular weight excluding hydrogens is 286 g/mol. The van der Waals surface area contributed by atoms with Gasteiger partial charge in [-0.05, 0) is 36.8 Å². The van der Waals surface area contributed by atoms with Crippen LogP contribution >= 0.6 is 11.6 Å². The fourth-order valence-electron chi connectivity index (χ4n) is 1.73. The highest BCUT2D eigenvalue weighted by molar-refractivity contribution is 6.53. The van der Waals surface area contributed by atoms with Crippen LogP contribution in [0, 0.1) is 18.3 Å². The average molecular weight is 298 g/mol. The first-order chi connectivity index (χ1) is 10.1. The molecule has 0 aromatic heterocycles. The van der Waals surface area contributed by atoms with E-state index in [-0.39, 0.29) is 11.3 Å². The lowest BCUT2D eigenvalue weighted by molar-refractivity contribution is 0.106. The van der Waals surface area contributed by atoms with Gasteiger partial charge in [0.15, 0.2) is 0 Å². The van der Waals surface area contributed by atoms with Gasteiger partial charge >= 0.3 is 0 Å². The highest BCUT2D eigenvalue weighted by Crippen LogP contribution is 2.16. The first-order valence-corrected chi connectivity index (χ1v) is 6.59. The molecule has 0 aliphatic carbocycles. The van der Waals surface area contributed by atoms with Crippen LogP contribution < -0.4 is 5.43 Å². The lowest BCUT2D eigenvalue weighted by Gasteiger charge is -2.03. The van der Waals surface area contributed by atoms with Gasteiger partial charge in [-0.25, -0.2) is 0 Å². The van der Waals surface area contributed by atoms with Crippen LogP contribution in [0.2, 0.25) is 5.02 Å². The molecular formula is C16H12ClN3O. The topological polar surface area (TPSA) is 65.2 Å². The molecule has 0 aliphatic heterocycles. The van der Waals surface area contributed by atoms with Crippen LogP contribution in [-0.4, -0.2) is 11.5 Å². The number of carbonyl (C=O) groups is 1. The van der Waals surface area contributed by atoms with Crippen molar-refractivity contribution in [2.75, 3.05) is 5.43 Å². The van der Waals surface area contributed by atoms with E-state index in [4.69, 9.17) is 16.9 Å². The third-order valence-electron chi connectivity index (χ3n) is 2.75. The summed E-state index contributed by atoms with van der Waals surface area (Å²) >= 11 is 5.95. The zero-order chi connectivity index (χ0) is 15.2. The van der Waals surface area contributed by atoms with Crippen molar-refractivity contribution in [3.8, 4) is 6.07 Å².